The van der Waals surface area contributed by atoms with E-state index in [0.29, 0.717) is 6.04 Å². The lowest BCUT2D eigenvalue weighted by molar-refractivity contribution is 0.388. The molecule has 2 rings (SSSR count). The van der Waals surface area contributed by atoms with Crippen molar-refractivity contribution in [2.45, 2.75) is 52.1 Å². The van der Waals surface area contributed by atoms with E-state index in [4.69, 9.17) is 0 Å². The van der Waals surface area contributed by atoms with Crippen molar-refractivity contribution in [3.05, 3.63) is 65.5 Å². The normalized spacial score (nSPS) is 13.1. The summed E-state index contributed by atoms with van der Waals surface area (Å²) in [4.78, 5) is 4.34. The highest BCUT2D eigenvalue weighted by Gasteiger charge is 2.22. The van der Waals surface area contributed by atoms with E-state index in [1.165, 1.54) is 11.1 Å². The van der Waals surface area contributed by atoms with E-state index in [0.717, 1.165) is 18.7 Å². The minimum Gasteiger partial charge on any atom is -0.310 e. The second-order valence-electron chi connectivity index (χ2n) is 6.54. The molecule has 0 saturated heterocycles. The maximum absolute atomic E-state index is 4.34. The van der Waals surface area contributed by atoms with Gasteiger partial charge in [-0.05, 0) is 42.9 Å². The van der Waals surface area contributed by atoms with Gasteiger partial charge < -0.3 is 5.32 Å². The van der Waals surface area contributed by atoms with Gasteiger partial charge in [0.25, 0.3) is 0 Å². The van der Waals surface area contributed by atoms with E-state index in [1.807, 2.05) is 13.1 Å². The molecule has 1 aromatic heterocycles. The predicted molar refractivity (Wildman–Crippen MR) is 89.4 cm³/mol. The standard InChI is InChI=1S/C19H26N2/c1-15-10-11-17(13-20-15)14-21-16(2)12-19(3,4)18-8-6-5-7-9-18/h5-11,13,16,21H,12,14H2,1-4H3. The van der Waals surface area contributed by atoms with Gasteiger partial charge >= 0.3 is 0 Å². The number of aryl methyl sites for hydroxylation is 1. The summed E-state index contributed by atoms with van der Waals surface area (Å²) in [6, 6.07) is 15.4. The van der Waals surface area contributed by atoms with E-state index < -0.39 is 0 Å². The van der Waals surface area contributed by atoms with Gasteiger partial charge in [0.2, 0.25) is 0 Å². The van der Waals surface area contributed by atoms with E-state index in [-0.39, 0.29) is 5.41 Å². The minimum absolute atomic E-state index is 0.180. The molecule has 1 N–H and O–H groups in total. The Kier molecular flexibility index (Phi) is 5.13. The van der Waals surface area contributed by atoms with Crippen LogP contribution in [-0.2, 0) is 12.0 Å². The first-order valence-electron chi connectivity index (χ1n) is 7.68. The first-order valence-corrected chi connectivity index (χ1v) is 7.68. The zero-order chi connectivity index (χ0) is 15.3. The number of aromatic nitrogens is 1. The Bertz CT molecular complexity index is 544. The lowest BCUT2D eigenvalue weighted by Gasteiger charge is -2.29. The third-order valence-corrected chi connectivity index (χ3v) is 4.00. The van der Waals surface area contributed by atoms with Crippen LogP contribution in [0.2, 0.25) is 0 Å². The molecule has 0 spiro atoms. The Balaban J connectivity index is 1.89. The molecule has 1 heterocycles. The van der Waals surface area contributed by atoms with E-state index in [9.17, 15) is 0 Å². The molecule has 0 aliphatic rings. The zero-order valence-corrected chi connectivity index (χ0v) is 13.6. The third kappa shape index (κ3) is 4.68. The number of nitrogens with one attached hydrogen (secondary N) is 1. The molecule has 1 aromatic carbocycles. The average Bonchev–Trinajstić information content (AvgIpc) is 2.47. The van der Waals surface area contributed by atoms with Gasteiger partial charge in [-0.15, -0.1) is 0 Å². The first kappa shape index (κ1) is 15.7. The molecular formula is C19H26N2. The number of pyridine rings is 1. The molecule has 2 nitrogen and oxygen atoms in total. The molecule has 0 aliphatic carbocycles. The topological polar surface area (TPSA) is 24.9 Å². The van der Waals surface area contributed by atoms with E-state index >= 15 is 0 Å². The Morgan fingerprint density at radius 2 is 1.81 bits per heavy atom. The van der Waals surface area contributed by atoms with Gasteiger partial charge in [0, 0.05) is 24.5 Å². The van der Waals surface area contributed by atoms with Crippen molar-refractivity contribution in [2.24, 2.45) is 0 Å². The van der Waals surface area contributed by atoms with Gasteiger partial charge in [0.1, 0.15) is 0 Å². The summed E-state index contributed by atoms with van der Waals surface area (Å²) >= 11 is 0. The molecule has 0 saturated carbocycles. The highest BCUT2D eigenvalue weighted by atomic mass is 14.9. The molecule has 0 amide bonds. The minimum atomic E-state index is 0.180. The fourth-order valence-electron chi connectivity index (χ4n) is 2.74. The Hall–Kier alpha value is -1.67. The Labute approximate surface area is 128 Å². The van der Waals surface area contributed by atoms with Crippen LogP contribution < -0.4 is 5.32 Å². The van der Waals surface area contributed by atoms with Crippen LogP contribution in [0.5, 0.6) is 0 Å². The van der Waals surface area contributed by atoms with Crippen molar-refractivity contribution in [1.82, 2.24) is 10.3 Å². The molecular weight excluding hydrogens is 256 g/mol. The smallest absolute Gasteiger partial charge is 0.0372 e. The number of benzene rings is 1. The van der Waals surface area contributed by atoms with Crippen LogP contribution >= 0.6 is 0 Å². The molecule has 0 fully saturated rings. The Morgan fingerprint density at radius 1 is 1.10 bits per heavy atom. The molecule has 112 valence electrons. The zero-order valence-electron chi connectivity index (χ0n) is 13.6. The quantitative estimate of drug-likeness (QED) is 0.857. The van der Waals surface area contributed by atoms with Crippen LogP contribution in [0.1, 0.15) is 44.0 Å². The van der Waals surface area contributed by atoms with Crippen molar-refractivity contribution in [1.29, 1.82) is 0 Å². The Morgan fingerprint density at radius 3 is 2.43 bits per heavy atom. The number of rotatable bonds is 6. The molecule has 2 aromatic rings. The lowest BCUT2D eigenvalue weighted by atomic mass is 9.79. The van der Waals surface area contributed by atoms with Crippen LogP contribution in [0, 0.1) is 6.92 Å². The van der Waals surface area contributed by atoms with Crippen LogP contribution in [-0.4, -0.2) is 11.0 Å². The maximum Gasteiger partial charge on any atom is 0.0372 e. The van der Waals surface area contributed by atoms with E-state index in [2.05, 4.69) is 73.5 Å². The molecule has 0 bridgehead atoms. The SMILES string of the molecule is Cc1ccc(CNC(C)CC(C)(C)c2ccccc2)cn1. The maximum atomic E-state index is 4.34. The number of hydrogen-bond acceptors (Lipinski definition) is 2. The summed E-state index contributed by atoms with van der Waals surface area (Å²) in [6.07, 6.45) is 3.06. The summed E-state index contributed by atoms with van der Waals surface area (Å²) in [5.41, 5.74) is 3.89. The molecule has 2 heteroatoms. The summed E-state index contributed by atoms with van der Waals surface area (Å²) in [5.74, 6) is 0. The fourth-order valence-corrected chi connectivity index (χ4v) is 2.74. The van der Waals surface area contributed by atoms with Gasteiger partial charge in [0.05, 0.1) is 0 Å². The largest absolute Gasteiger partial charge is 0.310 e. The summed E-state index contributed by atoms with van der Waals surface area (Å²) in [5, 5.41) is 3.60. The first-order chi connectivity index (χ1) is 9.97. The highest BCUT2D eigenvalue weighted by molar-refractivity contribution is 5.23. The van der Waals surface area contributed by atoms with Crippen LogP contribution in [0.15, 0.2) is 48.7 Å². The average molecular weight is 282 g/mol. The lowest BCUT2D eigenvalue weighted by Crippen LogP contribution is -2.33. The third-order valence-electron chi connectivity index (χ3n) is 4.00. The predicted octanol–water partition coefficient (Wildman–Crippen LogP) is 4.24. The van der Waals surface area contributed by atoms with Crippen LogP contribution in [0.4, 0.5) is 0 Å². The molecule has 1 atom stereocenters. The second-order valence-corrected chi connectivity index (χ2v) is 6.54. The summed E-state index contributed by atoms with van der Waals surface area (Å²) in [6.45, 7) is 9.77. The monoisotopic (exact) mass is 282 g/mol. The molecule has 1 unspecified atom stereocenters. The number of nitrogens with zero attached hydrogens (tertiary/aromatic N) is 1. The van der Waals surface area contributed by atoms with E-state index in [1.54, 1.807) is 0 Å². The molecule has 21 heavy (non-hydrogen) atoms. The van der Waals surface area contributed by atoms with Gasteiger partial charge in [-0.2, -0.15) is 0 Å². The van der Waals surface area contributed by atoms with Gasteiger partial charge in [-0.3, -0.25) is 4.98 Å². The fraction of sp³-hybridized carbons (Fsp3) is 0.421. The van der Waals surface area contributed by atoms with Gasteiger partial charge in [-0.25, -0.2) is 0 Å². The van der Waals surface area contributed by atoms with Crippen molar-refractivity contribution in [3.8, 4) is 0 Å². The summed E-state index contributed by atoms with van der Waals surface area (Å²) in [7, 11) is 0. The molecule has 0 aliphatic heterocycles. The van der Waals surface area contributed by atoms with Gasteiger partial charge in [-0.1, -0.05) is 50.2 Å². The molecule has 0 radical (unpaired) electrons. The van der Waals surface area contributed by atoms with Crippen LogP contribution in [0.25, 0.3) is 0 Å². The van der Waals surface area contributed by atoms with Crippen molar-refractivity contribution >= 4 is 0 Å². The highest BCUT2D eigenvalue weighted by Crippen LogP contribution is 2.28. The van der Waals surface area contributed by atoms with Crippen LogP contribution in [0.3, 0.4) is 0 Å². The van der Waals surface area contributed by atoms with Gasteiger partial charge in [0.15, 0.2) is 0 Å². The van der Waals surface area contributed by atoms with Crippen molar-refractivity contribution in [3.63, 3.8) is 0 Å². The second kappa shape index (κ2) is 6.86. The van der Waals surface area contributed by atoms with Crippen molar-refractivity contribution < 1.29 is 0 Å². The van der Waals surface area contributed by atoms with Crippen molar-refractivity contribution in [2.75, 3.05) is 0 Å². The number of hydrogen-bond donors (Lipinski definition) is 1. The summed E-state index contributed by atoms with van der Waals surface area (Å²) < 4.78 is 0.